The average Bonchev–Trinajstić information content (AvgIpc) is 2.58. The van der Waals surface area contributed by atoms with E-state index in [1.165, 1.54) is 6.07 Å². The van der Waals surface area contributed by atoms with Gasteiger partial charge in [0.15, 0.2) is 0 Å². The monoisotopic (exact) mass is 351 g/mol. The number of rotatable bonds is 3. The summed E-state index contributed by atoms with van der Waals surface area (Å²) in [6, 6.07) is 10.6. The second-order valence-electron chi connectivity index (χ2n) is 6.56. The molecule has 2 nitrogen and oxygen atoms in total. The van der Waals surface area contributed by atoms with Crippen LogP contribution in [0.4, 0.5) is 8.78 Å². The second-order valence-corrected chi connectivity index (χ2v) is 7.00. The molecule has 1 aliphatic carbocycles. The zero-order valence-electron chi connectivity index (χ0n) is 13.2. The lowest BCUT2D eigenvalue weighted by atomic mass is 9.61. The molecule has 0 aliphatic heterocycles. The number of hydrogen-bond donors (Lipinski definition) is 2. The smallest absolute Gasteiger partial charge is 0.127 e. The lowest BCUT2D eigenvalue weighted by Crippen LogP contribution is -2.46. The normalized spacial score (nSPS) is 27.2. The highest BCUT2D eigenvalue weighted by atomic mass is 35.5. The summed E-state index contributed by atoms with van der Waals surface area (Å²) in [7, 11) is 0. The molecule has 1 fully saturated rings. The maximum Gasteiger partial charge on any atom is 0.127 e. The maximum atomic E-state index is 14.6. The van der Waals surface area contributed by atoms with Gasteiger partial charge in [0.2, 0.25) is 0 Å². The molecule has 0 amide bonds. The summed E-state index contributed by atoms with van der Waals surface area (Å²) in [5, 5.41) is 10.3. The molecule has 0 heterocycles. The van der Waals surface area contributed by atoms with Crippen molar-refractivity contribution in [2.45, 2.75) is 30.7 Å². The molecule has 0 bridgehead atoms. The highest BCUT2D eigenvalue weighted by molar-refractivity contribution is 6.30. The largest absolute Gasteiger partial charge is 0.396 e. The molecule has 0 radical (unpaired) electrons. The van der Waals surface area contributed by atoms with Crippen LogP contribution in [-0.4, -0.2) is 17.8 Å². The summed E-state index contributed by atoms with van der Waals surface area (Å²) in [5.41, 5.74) is 6.57. The van der Waals surface area contributed by atoms with Gasteiger partial charge in [-0.2, -0.15) is 0 Å². The second kappa shape index (κ2) is 6.79. The fourth-order valence-corrected chi connectivity index (χ4v) is 3.97. The minimum Gasteiger partial charge on any atom is -0.396 e. The predicted octanol–water partition coefficient (Wildman–Crippen LogP) is 4.02. The van der Waals surface area contributed by atoms with E-state index in [2.05, 4.69) is 0 Å². The van der Waals surface area contributed by atoms with Crippen LogP contribution in [-0.2, 0) is 5.41 Å². The van der Waals surface area contributed by atoms with E-state index in [0.29, 0.717) is 29.8 Å². The number of aliphatic hydroxyl groups is 1. The lowest BCUT2D eigenvalue weighted by molar-refractivity contribution is 0.136. The molecule has 1 aliphatic rings. The Bertz CT molecular complexity index is 722. The van der Waals surface area contributed by atoms with Crippen LogP contribution in [0, 0.1) is 17.6 Å². The molecule has 2 aromatic rings. The van der Waals surface area contributed by atoms with Crippen molar-refractivity contribution in [3.63, 3.8) is 0 Å². The first-order chi connectivity index (χ1) is 11.5. The number of aliphatic hydroxyl groups excluding tert-OH is 1. The van der Waals surface area contributed by atoms with Gasteiger partial charge in [-0.05, 0) is 61.1 Å². The molecule has 3 N–H and O–H groups in total. The van der Waals surface area contributed by atoms with Gasteiger partial charge in [-0.3, -0.25) is 0 Å². The Morgan fingerprint density at radius 1 is 1.17 bits per heavy atom. The summed E-state index contributed by atoms with van der Waals surface area (Å²) in [6.07, 6.45) is 1.68. The SMILES string of the molecule is NC1CC[C@](c2ccc(Cl)cc2)(c2cc(F)ccc2F)C[C@H]1CO. The Labute approximate surface area is 145 Å². The van der Waals surface area contributed by atoms with Crippen LogP contribution in [0.15, 0.2) is 42.5 Å². The molecule has 1 unspecified atom stereocenters. The fraction of sp³-hybridized carbons (Fsp3) is 0.368. The molecule has 0 aromatic heterocycles. The van der Waals surface area contributed by atoms with Gasteiger partial charge >= 0.3 is 0 Å². The van der Waals surface area contributed by atoms with Crippen LogP contribution in [0.1, 0.15) is 30.4 Å². The van der Waals surface area contributed by atoms with Crippen LogP contribution in [0.2, 0.25) is 5.02 Å². The quantitative estimate of drug-likeness (QED) is 0.877. The van der Waals surface area contributed by atoms with Crippen molar-refractivity contribution in [3.8, 4) is 0 Å². The molecular weight excluding hydrogens is 332 g/mol. The Hall–Kier alpha value is -1.49. The van der Waals surface area contributed by atoms with Crippen molar-refractivity contribution in [2.24, 2.45) is 11.7 Å². The summed E-state index contributed by atoms with van der Waals surface area (Å²) in [4.78, 5) is 0. The molecule has 1 saturated carbocycles. The van der Waals surface area contributed by atoms with Gasteiger partial charge in [-0.15, -0.1) is 0 Å². The summed E-state index contributed by atoms with van der Waals surface area (Å²) < 4.78 is 28.5. The van der Waals surface area contributed by atoms with E-state index in [0.717, 1.165) is 17.7 Å². The van der Waals surface area contributed by atoms with Crippen LogP contribution in [0.25, 0.3) is 0 Å². The lowest BCUT2D eigenvalue weighted by Gasteiger charge is -2.44. The molecule has 128 valence electrons. The van der Waals surface area contributed by atoms with Gasteiger partial charge in [0.1, 0.15) is 11.6 Å². The first-order valence-corrected chi connectivity index (χ1v) is 8.42. The van der Waals surface area contributed by atoms with E-state index >= 15 is 0 Å². The molecule has 24 heavy (non-hydrogen) atoms. The molecular formula is C19H20ClF2NO. The van der Waals surface area contributed by atoms with E-state index in [4.69, 9.17) is 17.3 Å². The van der Waals surface area contributed by atoms with Gasteiger partial charge in [0.25, 0.3) is 0 Å². The van der Waals surface area contributed by atoms with Crippen molar-refractivity contribution >= 4 is 11.6 Å². The van der Waals surface area contributed by atoms with Gasteiger partial charge in [0.05, 0.1) is 0 Å². The van der Waals surface area contributed by atoms with Crippen molar-refractivity contribution in [3.05, 3.63) is 70.2 Å². The Kier molecular flexibility index (Phi) is 4.90. The van der Waals surface area contributed by atoms with E-state index in [9.17, 15) is 13.9 Å². The summed E-state index contributed by atoms with van der Waals surface area (Å²) in [5.74, 6) is -1.09. The minimum absolute atomic E-state index is 0.0760. The highest BCUT2D eigenvalue weighted by Gasteiger charge is 2.43. The molecule has 5 heteroatoms. The van der Waals surface area contributed by atoms with E-state index in [1.807, 2.05) is 12.1 Å². The summed E-state index contributed by atoms with van der Waals surface area (Å²) in [6.45, 7) is -0.0760. The molecule has 2 aromatic carbocycles. The topological polar surface area (TPSA) is 46.2 Å². The van der Waals surface area contributed by atoms with Gasteiger partial charge in [-0.1, -0.05) is 23.7 Å². The number of benzene rings is 2. The van der Waals surface area contributed by atoms with Crippen molar-refractivity contribution in [1.29, 1.82) is 0 Å². The van der Waals surface area contributed by atoms with Gasteiger partial charge in [0, 0.05) is 28.6 Å². The van der Waals surface area contributed by atoms with Crippen LogP contribution in [0.3, 0.4) is 0 Å². The summed E-state index contributed by atoms with van der Waals surface area (Å²) >= 11 is 5.98. The van der Waals surface area contributed by atoms with E-state index < -0.39 is 17.0 Å². The Morgan fingerprint density at radius 3 is 2.54 bits per heavy atom. The first kappa shape index (κ1) is 17.3. The molecule has 3 rings (SSSR count). The third kappa shape index (κ3) is 3.06. The van der Waals surface area contributed by atoms with Gasteiger partial charge in [-0.25, -0.2) is 8.78 Å². The minimum atomic E-state index is -0.722. The zero-order valence-corrected chi connectivity index (χ0v) is 13.9. The van der Waals surface area contributed by atoms with Crippen molar-refractivity contribution < 1.29 is 13.9 Å². The Morgan fingerprint density at radius 2 is 1.88 bits per heavy atom. The number of halogens is 3. The molecule has 3 atom stereocenters. The predicted molar refractivity (Wildman–Crippen MR) is 91.0 cm³/mol. The average molecular weight is 352 g/mol. The van der Waals surface area contributed by atoms with E-state index in [-0.39, 0.29) is 18.6 Å². The third-order valence-electron chi connectivity index (χ3n) is 5.20. The standard InChI is InChI=1S/C19H20ClF2NO/c20-14-3-1-13(2-4-14)19(8-7-18(23)12(10-19)11-24)16-9-15(21)5-6-17(16)22/h1-6,9,12,18,24H,7-8,10-11,23H2/t12-,18?,19-/m0/s1. The van der Waals surface area contributed by atoms with Crippen LogP contribution in [0.5, 0.6) is 0 Å². The van der Waals surface area contributed by atoms with Crippen LogP contribution >= 0.6 is 11.6 Å². The highest BCUT2D eigenvalue weighted by Crippen LogP contribution is 2.47. The van der Waals surface area contributed by atoms with E-state index in [1.54, 1.807) is 12.1 Å². The Balaban J connectivity index is 2.17. The third-order valence-corrected chi connectivity index (χ3v) is 5.45. The fourth-order valence-electron chi connectivity index (χ4n) is 3.85. The van der Waals surface area contributed by atoms with Crippen molar-refractivity contribution in [2.75, 3.05) is 6.61 Å². The first-order valence-electron chi connectivity index (χ1n) is 8.04. The maximum absolute atomic E-state index is 14.6. The zero-order chi connectivity index (χ0) is 17.3. The number of nitrogens with two attached hydrogens (primary N) is 1. The number of hydrogen-bond acceptors (Lipinski definition) is 2. The molecule has 0 saturated heterocycles. The van der Waals surface area contributed by atoms with Crippen LogP contribution < -0.4 is 5.73 Å². The molecule has 0 spiro atoms. The van der Waals surface area contributed by atoms with Gasteiger partial charge < -0.3 is 10.8 Å². The van der Waals surface area contributed by atoms with Crippen molar-refractivity contribution in [1.82, 2.24) is 0 Å².